The Bertz CT molecular complexity index is 784. The molecule has 148 valence electrons. The lowest BCUT2D eigenvalue weighted by Crippen LogP contribution is -2.51. The first-order valence-corrected chi connectivity index (χ1v) is 9.57. The number of nitrogens with zero attached hydrogens (tertiary/aromatic N) is 2. The topological polar surface area (TPSA) is 61.9 Å². The first-order valence-electron chi connectivity index (χ1n) is 9.57. The zero-order chi connectivity index (χ0) is 19.9. The molecule has 28 heavy (non-hydrogen) atoms. The van der Waals surface area contributed by atoms with Gasteiger partial charge in [0.15, 0.2) is 0 Å². The third kappa shape index (κ3) is 5.10. The van der Waals surface area contributed by atoms with Crippen molar-refractivity contribution in [2.24, 2.45) is 0 Å². The summed E-state index contributed by atoms with van der Waals surface area (Å²) in [5.74, 6) is -0.277. The molecule has 1 saturated heterocycles. The molecule has 6 heteroatoms. The second-order valence-electron chi connectivity index (χ2n) is 7.02. The minimum absolute atomic E-state index is 0.0939. The summed E-state index contributed by atoms with van der Waals surface area (Å²) in [5.41, 5.74) is 2.59. The van der Waals surface area contributed by atoms with E-state index in [0.29, 0.717) is 5.56 Å². The standard InChI is InChI=1S/C22H27N3O3/c1-17(23-20-10-8-19(9-11-20)22(27)28-2)21(26)25-14-12-24(13-15-25)16-18-6-4-3-5-7-18/h3-11,17,23H,12-16H2,1-2H3/t17-/m0/s1. The summed E-state index contributed by atoms with van der Waals surface area (Å²) in [7, 11) is 1.36. The smallest absolute Gasteiger partial charge is 0.337 e. The van der Waals surface area contributed by atoms with Gasteiger partial charge < -0.3 is 15.0 Å². The van der Waals surface area contributed by atoms with Crippen molar-refractivity contribution in [3.8, 4) is 0 Å². The first kappa shape index (κ1) is 19.9. The van der Waals surface area contributed by atoms with E-state index >= 15 is 0 Å². The van der Waals surface area contributed by atoms with Crippen LogP contribution in [0.4, 0.5) is 5.69 Å². The van der Waals surface area contributed by atoms with Gasteiger partial charge in [-0.25, -0.2) is 4.79 Å². The number of hydrogen-bond donors (Lipinski definition) is 1. The van der Waals surface area contributed by atoms with E-state index in [2.05, 4.69) is 34.5 Å². The predicted molar refractivity (Wildman–Crippen MR) is 109 cm³/mol. The van der Waals surface area contributed by atoms with Gasteiger partial charge in [-0.3, -0.25) is 9.69 Å². The summed E-state index contributed by atoms with van der Waals surface area (Å²) in [6.07, 6.45) is 0. The molecule has 2 aromatic carbocycles. The second kappa shape index (κ2) is 9.37. The van der Waals surface area contributed by atoms with E-state index in [4.69, 9.17) is 4.74 Å². The number of hydrogen-bond acceptors (Lipinski definition) is 5. The summed E-state index contributed by atoms with van der Waals surface area (Å²) in [4.78, 5) is 28.6. The molecule has 1 aliphatic heterocycles. The molecule has 0 bridgehead atoms. The predicted octanol–water partition coefficient (Wildman–Crippen LogP) is 2.62. The Morgan fingerprint density at radius 2 is 1.64 bits per heavy atom. The van der Waals surface area contributed by atoms with Crippen LogP contribution in [-0.2, 0) is 16.1 Å². The van der Waals surface area contributed by atoms with E-state index in [1.54, 1.807) is 24.3 Å². The quantitative estimate of drug-likeness (QED) is 0.780. The third-order valence-electron chi connectivity index (χ3n) is 4.99. The molecule has 6 nitrogen and oxygen atoms in total. The van der Waals surface area contributed by atoms with Crippen molar-refractivity contribution in [1.82, 2.24) is 9.80 Å². The van der Waals surface area contributed by atoms with E-state index in [-0.39, 0.29) is 17.9 Å². The van der Waals surface area contributed by atoms with E-state index in [9.17, 15) is 9.59 Å². The number of piperazine rings is 1. The van der Waals surface area contributed by atoms with Gasteiger partial charge in [0, 0.05) is 38.4 Å². The van der Waals surface area contributed by atoms with Crippen LogP contribution in [0.5, 0.6) is 0 Å². The average molecular weight is 381 g/mol. The number of anilines is 1. The van der Waals surface area contributed by atoms with E-state index < -0.39 is 0 Å². The van der Waals surface area contributed by atoms with Crippen molar-refractivity contribution >= 4 is 17.6 Å². The fourth-order valence-corrected chi connectivity index (χ4v) is 3.37. The highest BCUT2D eigenvalue weighted by atomic mass is 16.5. The normalized spacial score (nSPS) is 15.7. The Hall–Kier alpha value is -2.86. The third-order valence-corrected chi connectivity index (χ3v) is 4.99. The number of ether oxygens (including phenoxy) is 1. The van der Waals surface area contributed by atoms with Gasteiger partial charge >= 0.3 is 5.97 Å². The molecule has 1 amide bonds. The number of carbonyl (C=O) groups is 2. The summed E-state index contributed by atoms with van der Waals surface area (Å²) in [6, 6.07) is 17.0. The highest BCUT2D eigenvalue weighted by Crippen LogP contribution is 2.14. The zero-order valence-corrected chi connectivity index (χ0v) is 16.4. The number of amides is 1. The van der Waals surface area contributed by atoms with Crippen LogP contribution < -0.4 is 5.32 Å². The molecule has 0 radical (unpaired) electrons. The van der Waals surface area contributed by atoms with Crippen LogP contribution in [0.15, 0.2) is 54.6 Å². The Morgan fingerprint density at radius 3 is 2.25 bits per heavy atom. The second-order valence-corrected chi connectivity index (χ2v) is 7.02. The minimum atomic E-state index is -0.371. The van der Waals surface area contributed by atoms with Gasteiger partial charge in [-0.2, -0.15) is 0 Å². The molecule has 3 rings (SSSR count). The molecule has 0 spiro atoms. The van der Waals surface area contributed by atoms with Crippen LogP contribution in [0.3, 0.4) is 0 Å². The van der Waals surface area contributed by atoms with Crippen molar-refractivity contribution in [1.29, 1.82) is 0 Å². The molecule has 1 heterocycles. The Balaban J connectivity index is 1.48. The molecule has 0 aromatic heterocycles. The van der Waals surface area contributed by atoms with Gasteiger partial charge in [-0.15, -0.1) is 0 Å². The number of methoxy groups -OCH3 is 1. The molecular weight excluding hydrogens is 354 g/mol. The number of nitrogens with one attached hydrogen (secondary N) is 1. The molecule has 0 aliphatic carbocycles. The molecule has 2 aromatic rings. The number of carbonyl (C=O) groups excluding carboxylic acids is 2. The highest BCUT2D eigenvalue weighted by Gasteiger charge is 2.25. The van der Waals surface area contributed by atoms with Crippen molar-refractivity contribution in [3.05, 3.63) is 65.7 Å². The number of rotatable bonds is 6. The van der Waals surface area contributed by atoms with E-state index in [1.807, 2.05) is 17.9 Å². The van der Waals surface area contributed by atoms with Gasteiger partial charge in [-0.05, 0) is 36.8 Å². The van der Waals surface area contributed by atoms with Crippen molar-refractivity contribution in [2.75, 3.05) is 38.6 Å². The SMILES string of the molecule is COC(=O)c1ccc(N[C@@H](C)C(=O)N2CCN(Cc3ccccc3)CC2)cc1. The van der Waals surface area contributed by atoms with Crippen LogP contribution in [0.1, 0.15) is 22.8 Å². The lowest BCUT2D eigenvalue weighted by molar-refractivity contribution is -0.133. The Kier molecular flexibility index (Phi) is 6.66. The summed E-state index contributed by atoms with van der Waals surface area (Å²) in [6.45, 7) is 6.01. The van der Waals surface area contributed by atoms with Crippen molar-refractivity contribution in [3.63, 3.8) is 0 Å². The lowest BCUT2D eigenvalue weighted by Gasteiger charge is -2.36. The van der Waals surface area contributed by atoms with Crippen LogP contribution in [-0.4, -0.2) is 61.0 Å². The summed E-state index contributed by atoms with van der Waals surface area (Å²) < 4.78 is 4.70. The fourth-order valence-electron chi connectivity index (χ4n) is 3.37. The molecule has 1 N–H and O–H groups in total. The Labute approximate surface area is 166 Å². The number of benzene rings is 2. The van der Waals surface area contributed by atoms with Gasteiger partial charge in [0.05, 0.1) is 12.7 Å². The minimum Gasteiger partial charge on any atom is -0.465 e. The molecule has 1 fully saturated rings. The largest absolute Gasteiger partial charge is 0.465 e. The maximum Gasteiger partial charge on any atom is 0.337 e. The van der Waals surface area contributed by atoms with E-state index in [1.165, 1.54) is 12.7 Å². The maximum absolute atomic E-state index is 12.8. The first-order chi connectivity index (χ1) is 13.6. The highest BCUT2D eigenvalue weighted by molar-refractivity contribution is 5.90. The molecule has 1 aliphatic rings. The van der Waals surface area contributed by atoms with Crippen LogP contribution in [0.2, 0.25) is 0 Å². The van der Waals surface area contributed by atoms with Crippen molar-refractivity contribution in [2.45, 2.75) is 19.5 Å². The Morgan fingerprint density at radius 1 is 1.00 bits per heavy atom. The average Bonchev–Trinajstić information content (AvgIpc) is 2.74. The molecule has 1 atom stereocenters. The summed E-state index contributed by atoms with van der Waals surface area (Å²) >= 11 is 0. The van der Waals surface area contributed by atoms with Gasteiger partial charge in [0.2, 0.25) is 5.91 Å². The van der Waals surface area contributed by atoms with Crippen LogP contribution >= 0.6 is 0 Å². The zero-order valence-electron chi connectivity index (χ0n) is 16.4. The van der Waals surface area contributed by atoms with E-state index in [0.717, 1.165) is 38.4 Å². The molecular formula is C22H27N3O3. The van der Waals surface area contributed by atoms with Gasteiger partial charge in [0.1, 0.15) is 6.04 Å². The molecule has 0 unspecified atom stereocenters. The van der Waals surface area contributed by atoms with Crippen molar-refractivity contribution < 1.29 is 14.3 Å². The van der Waals surface area contributed by atoms with Crippen LogP contribution in [0, 0.1) is 0 Å². The fraction of sp³-hybridized carbons (Fsp3) is 0.364. The van der Waals surface area contributed by atoms with Gasteiger partial charge in [0.25, 0.3) is 0 Å². The van der Waals surface area contributed by atoms with Gasteiger partial charge in [-0.1, -0.05) is 30.3 Å². The monoisotopic (exact) mass is 381 g/mol. The maximum atomic E-state index is 12.8. The molecule has 0 saturated carbocycles. The number of esters is 1. The van der Waals surface area contributed by atoms with Crippen LogP contribution in [0.25, 0.3) is 0 Å². The lowest BCUT2D eigenvalue weighted by atomic mass is 10.1. The summed E-state index contributed by atoms with van der Waals surface area (Å²) in [5, 5.41) is 3.22.